The Morgan fingerprint density at radius 3 is 2.19 bits per heavy atom. The number of piperidine rings is 1. The fraction of sp³-hybridized carbons (Fsp3) is 0.400. The molecule has 0 radical (unpaired) electrons. The van der Waals surface area contributed by atoms with Gasteiger partial charge >= 0.3 is 0 Å². The van der Waals surface area contributed by atoms with Gasteiger partial charge in [-0.05, 0) is 54.5 Å². The SMILES string of the molecule is CC(C)(C)c1ccc(C(=O)NCC(=O)Nc2ccccc2C(=O)N2CCCCC2)cc1. The lowest BCUT2D eigenvalue weighted by Gasteiger charge is -2.27. The van der Waals surface area contributed by atoms with Crippen LogP contribution in [-0.2, 0) is 10.2 Å². The third-order valence-corrected chi connectivity index (χ3v) is 5.50. The van der Waals surface area contributed by atoms with E-state index in [1.807, 2.05) is 17.0 Å². The lowest BCUT2D eigenvalue weighted by Crippen LogP contribution is -2.37. The van der Waals surface area contributed by atoms with Gasteiger partial charge in [0.05, 0.1) is 17.8 Å². The largest absolute Gasteiger partial charge is 0.343 e. The van der Waals surface area contributed by atoms with Crippen LogP contribution in [0.3, 0.4) is 0 Å². The predicted molar refractivity (Wildman–Crippen MR) is 122 cm³/mol. The minimum absolute atomic E-state index is 0.00785. The molecule has 0 saturated carbocycles. The van der Waals surface area contributed by atoms with Crippen molar-refractivity contribution in [3.05, 3.63) is 65.2 Å². The highest BCUT2D eigenvalue weighted by molar-refractivity contribution is 6.05. The van der Waals surface area contributed by atoms with Gasteiger partial charge in [0.2, 0.25) is 5.91 Å². The summed E-state index contributed by atoms with van der Waals surface area (Å²) < 4.78 is 0. The average molecular weight is 422 g/mol. The highest BCUT2D eigenvalue weighted by Gasteiger charge is 2.21. The highest BCUT2D eigenvalue weighted by atomic mass is 16.2. The first-order chi connectivity index (χ1) is 14.8. The fourth-order valence-corrected chi connectivity index (χ4v) is 3.62. The smallest absolute Gasteiger partial charge is 0.255 e. The molecular formula is C25H31N3O3. The number of nitrogens with zero attached hydrogens (tertiary/aromatic N) is 1. The summed E-state index contributed by atoms with van der Waals surface area (Å²) in [5, 5.41) is 5.41. The van der Waals surface area contributed by atoms with Crippen LogP contribution in [0.2, 0.25) is 0 Å². The third kappa shape index (κ3) is 5.94. The first-order valence-electron chi connectivity index (χ1n) is 10.8. The van der Waals surface area contributed by atoms with Gasteiger partial charge in [0, 0.05) is 18.7 Å². The summed E-state index contributed by atoms with van der Waals surface area (Å²) in [6, 6.07) is 14.4. The van der Waals surface area contributed by atoms with E-state index in [1.54, 1.807) is 36.4 Å². The number of anilines is 1. The van der Waals surface area contributed by atoms with Crippen LogP contribution in [0.5, 0.6) is 0 Å². The summed E-state index contributed by atoms with van der Waals surface area (Å²) in [6.45, 7) is 7.64. The number of carbonyl (C=O) groups is 3. The van der Waals surface area contributed by atoms with E-state index in [-0.39, 0.29) is 29.7 Å². The molecule has 6 nitrogen and oxygen atoms in total. The molecule has 164 valence electrons. The van der Waals surface area contributed by atoms with Crippen LogP contribution in [0, 0.1) is 0 Å². The molecule has 6 heteroatoms. The Morgan fingerprint density at radius 1 is 0.903 bits per heavy atom. The number of hydrogen-bond acceptors (Lipinski definition) is 3. The van der Waals surface area contributed by atoms with Crippen LogP contribution in [-0.4, -0.2) is 42.3 Å². The molecule has 2 aromatic carbocycles. The zero-order chi connectivity index (χ0) is 22.4. The van der Waals surface area contributed by atoms with Gasteiger partial charge in [-0.2, -0.15) is 0 Å². The molecule has 31 heavy (non-hydrogen) atoms. The summed E-state index contributed by atoms with van der Waals surface area (Å²) in [6.07, 6.45) is 3.15. The Morgan fingerprint density at radius 2 is 1.55 bits per heavy atom. The Hall–Kier alpha value is -3.15. The molecule has 1 saturated heterocycles. The van der Waals surface area contributed by atoms with Crippen molar-refractivity contribution in [1.29, 1.82) is 0 Å². The van der Waals surface area contributed by atoms with Gasteiger partial charge in [0.1, 0.15) is 0 Å². The highest BCUT2D eigenvalue weighted by Crippen LogP contribution is 2.22. The van der Waals surface area contributed by atoms with E-state index in [1.165, 1.54) is 0 Å². The summed E-state index contributed by atoms with van der Waals surface area (Å²) in [4.78, 5) is 39.5. The molecule has 1 aliphatic rings. The van der Waals surface area contributed by atoms with Crippen LogP contribution in [0.15, 0.2) is 48.5 Å². The molecule has 0 spiro atoms. The number of benzene rings is 2. The molecule has 1 fully saturated rings. The van der Waals surface area contributed by atoms with Crippen molar-refractivity contribution in [3.8, 4) is 0 Å². The number of amides is 3. The quantitative estimate of drug-likeness (QED) is 0.767. The fourth-order valence-electron chi connectivity index (χ4n) is 3.62. The number of rotatable bonds is 5. The molecule has 1 heterocycles. The lowest BCUT2D eigenvalue weighted by molar-refractivity contribution is -0.115. The number of hydrogen-bond donors (Lipinski definition) is 2. The van der Waals surface area contributed by atoms with Gasteiger partial charge in [0.25, 0.3) is 11.8 Å². The number of para-hydroxylation sites is 1. The first-order valence-corrected chi connectivity index (χ1v) is 10.8. The van der Waals surface area contributed by atoms with Crippen molar-refractivity contribution >= 4 is 23.4 Å². The maximum Gasteiger partial charge on any atom is 0.255 e. The topological polar surface area (TPSA) is 78.5 Å². The molecule has 0 unspecified atom stereocenters. The summed E-state index contributed by atoms with van der Waals surface area (Å²) in [5.74, 6) is -0.759. The van der Waals surface area contributed by atoms with E-state index in [9.17, 15) is 14.4 Å². The molecule has 3 rings (SSSR count). The molecule has 0 bridgehead atoms. The normalized spacial score (nSPS) is 14.1. The van der Waals surface area contributed by atoms with Crippen molar-refractivity contribution in [3.63, 3.8) is 0 Å². The molecular weight excluding hydrogens is 390 g/mol. The van der Waals surface area contributed by atoms with E-state index in [0.29, 0.717) is 16.8 Å². The van der Waals surface area contributed by atoms with E-state index in [2.05, 4.69) is 31.4 Å². The lowest BCUT2D eigenvalue weighted by atomic mass is 9.87. The van der Waals surface area contributed by atoms with Crippen LogP contribution in [0.4, 0.5) is 5.69 Å². The van der Waals surface area contributed by atoms with Gasteiger partial charge in [-0.3, -0.25) is 14.4 Å². The maximum absolute atomic E-state index is 12.9. The summed E-state index contributed by atoms with van der Waals surface area (Å²) >= 11 is 0. The average Bonchev–Trinajstić information content (AvgIpc) is 2.77. The van der Waals surface area contributed by atoms with Crippen molar-refractivity contribution in [1.82, 2.24) is 10.2 Å². The van der Waals surface area contributed by atoms with E-state index < -0.39 is 0 Å². The van der Waals surface area contributed by atoms with Crippen LogP contribution in [0.1, 0.15) is 66.3 Å². The van der Waals surface area contributed by atoms with Gasteiger partial charge in [-0.25, -0.2) is 0 Å². The van der Waals surface area contributed by atoms with Crippen LogP contribution < -0.4 is 10.6 Å². The molecule has 1 aliphatic heterocycles. The van der Waals surface area contributed by atoms with E-state index in [0.717, 1.165) is 37.9 Å². The van der Waals surface area contributed by atoms with Gasteiger partial charge < -0.3 is 15.5 Å². The Bertz CT molecular complexity index is 939. The first kappa shape index (κ1) is 22.5. The molecule has 2 N–H and O–H groups in total. The van der Waals surface area contributed by atoms with Gasteiger partial charge in [-0.1, -0.05) is 45.0 Å². The molecule has 3 amide bonds. The standard InChI is InChI=1S/C25H31N3O3/c1-25(2,3)19-13-11-18(12-14-19)23(30)26-17-22(29)27-21-10-6-5-9-20(21)24(31)28-15-7-4-8-16-28/h5-6,9-14H,4,7-8,15-17H2,1-3H3,(H,26,30)(H,27,29). The maximum atomic E-state index is 12.9. The second kappa shape index (κ2) is 9.77. The summed E-state index contributed by atoms with van der Waals surface area (Å²) in [5.41, 5.74) is 2.58. The minimum atomic E-state index is -0.376. The molecule has 0 atom stereocenters. The molecule has 2 aromatic rings. The van der Waals surface area contributed by atoms with E-state index >= 15 is 0 Å². The Kier molecular flexibility index (Phi) is 7.10. The van der Waals surface area contributed by atoms with Crippen LogP contribution in [0.25, 0.3) is 0 Å². The number of nitrogens with one attached hydrogen (secondary N) is 2. The van der Waals surface area contributed by atoms with Gasteiger partial charge in [-0.15, -0.1) is 0 Å². The summed E-state index contributed by atoms with van der Waals surface area (Å²) in [7, 11) is 0. The second-order valence-corrected chi connectivity index (χ2v) is 8.96. The third-order valence-electron chi connectivity index (χ3n) is 5.50. The molecule has 0 aliphatic carbocycles. The van der Waals surface area contributed by atoms with Crippen LogP contribution >= 0.6 is 0 Å². The molecule has 0 aromatic heterocycles. The van der Waals surface area contributed by atoms with Crippen molar-refractivity contribution in [2.45, 2.75) is 45.4 Å². The monoisotopic (exact) mass is 421 g/mol. The van der Waals surface area contributed by atoms with Crippen molar-refractivity contribution in [2.75, 3.05) is 25.0 Å². The van der Waals surface area contributed by atoms with E-state index in [4.69, 9.17) is 0 Å². The number of carbonyl (C=O) groups excluding carboxylic acids is 3. The van der Waals surface area contributed by atoms with Gasteiger partial charge in [0.15, 0.2) is 0 Å². The predicted octanol–water partition coefficient (Wildman–Crippen LogP) is 3.98. The minimum Gasteiger partial charge on any atom is -0.343 e. The zero-order valence-corrected chi connectivity index (χ0v) is 18.5. The number of likely N-dealkylation sites (tertiary alicyclic amines) is 1. The van der Waals surface area contributed by atoms with Crippen molar-refractivity contribution < 1.29 is 14.4 Å². The zero-order valence-electron chi connectivity index (χ0n) is 18.5. The Labute approximate surface area is 184 Å². The second-order valence-electron chi connectivity index (χ2n) is 8.96. The van der Waals surface area contributed by atoms with Crippen molar-refractivity contribution in [2.24, 2.45) is 0 Å². The Balaban J connectivity index is 1.58.